The molecule has 0 unspecified atom stereocenters. The van der Waals surface area contributed by atoms with Crippen LogP contribution in [-0.4, -0.2) is 33.9 Å². The third-order valence-corrected chi connectivity index (χ3v) is 6.25. The van der Waals surface area contributed by atoms with Crippen LogP contribution in [0.4, 0.5) is 11.8 Å². The lowest BCUT2D eigenvalue weighted by Gasteiger charge is -2.09. The minimum Gasteiger partial charge on any atom is -0.368 e. The van der Waals surface area contributed by atoms with Crippen molar-refractivity contribution in [3.8, 4) is 11.3 Å². The Morgan fingerprint density at radius 2 is 1.65 bits per heavy atom. The maximum atomic E-state index is 12.5. The summed E-state index contributed by atoms with van der Waals surface area (Å²) in [5.74, 6) is 1.25. The van der Waals surface area contributed by atoms with Gasteiger partial charge in [-0.1, -0.05) is 58.4 Å². The number of benzene rings is 3. The van der Waals surface area contributed by atoms with Gasteiger partial charge in [0, 0.05) is 46.8 Å². The van der Waals surface area contributed by atoms with Crippen LogP contribution in [-0.2, 0) is 6.54 Å². The number of hydrogen-bond acceptors (Lipinski definition) is 6. The molecule has 0 fully saturated rings. The molecule has 0 aliphatic rings. The highest BCUT2D eigenvalue weighted by atomic mass is 79.9. The van der Waals surface area contributed by atoms with Crippen molar-refractivity contribution in [2.45, 2.75) is 6.54 Å². The van der Waals surface area contributed by atoms with E-state index in [2.05, 4.69) is 52.9 Å². The highest BCUT2D eigenvalue weighted by Gasteiger charge is 2.08. The number of pyridine rings is 1. The minimum atomic E-state index is -0.120. The van der Waals surface area contributed by atoms with Gasteiger partial charge in [-0.25, -0.2) is 15.0 Å². The van der Waals surface area contributed by atoms with E-state index in [1.807, 2.05) is 72.8 Å². The number of nitrogens with one attached hydrogen (secondary N) is 3. The molecule has 5 aromatic rings. The summed E-state index contributed by atoms with van der Waals surface area (Å²) in [6, 6.07) is 29.2. The molecule has 3 N–H and O–H groups in total. The predicted octanol–water partition coefficient (Wildman–Crippen LogP) is 5.91. The summed E-state index contributed by atoms with van der Waals surface area (Å²) < 4.78 is 0.987. The molecular weight excluding hydrogens is 528 g/mol. The number of aromatic nitrogens is 3. The first kappa shape index (κ1) is 24.4. The molecule has 0 saturated carbocycles. The summed E-state index contributed by atoms with van der Waals surface area (Å²) in [4.78, 5) is 26.1. The van der Waals surface area contributed by atoms with Crippen LogP contribution in [0, 0.1) is 0 Å². The lowest BCUT2D eigenvalue weighted by Crippen LogP contribution is -2.22. The van der Waals surface area contributed by atoms with Crippen LogP contribution in [0.5, 0.6) is 0 Å². The Morgan fingerprint density at radius 1 is 0.811 bits per heavy atom. The fourth-order valence-electron chi connectivity index (χ4n) is 3.86. The van der Waals surface area contributed by atoms with E-state index in [1.165, 1.54) is 0 Å². The second-order valence-electron chi connectivity index (χ2n) is 8.40. The van der Waals surface area contributed by atoms with Gasteiger partial charge in [-0.05, 0) is 54.1 Å². The number of nitrogens with zero attached hydrogens (tertiary/aromatic N) is 3. The second-order valence-corrected chi connectivity index (χ2v) is 9.31. The molecule has 5 rings (SSSR count). The lowest BCUT2D eigenvalue weighted by atomic mass is 10.1. The summed E-state index contributed by atoms with van der Waals surface area (Å²) in [6.07, 6.45) is 1.72. The molecule has 0 radical (unpaired) electrons. The minimum absolute atomic E-state index is 0.120. The van der Waals surface area contributed by atoms with Gasteiger partial charge in [-0.3, -0.25) is 4.79 Å². The van der Waals surface area contributed by atoms with Gasteiger partial charge in [0.2, 0.25) is 5.95 Å². The van der Waals surface area contributed by atoms with E-state index in [9.17, 15) is 4.79 Å². The Labute approximate surface area is 223 Å². The molecule has 0 aliphatic carbocycles. The van der Waals surface area contributed by atoms with Gasteiger partial charge in [0.05, 0.1) is 11.2 Å². The largest absolute Gasteiger partial charge is 0.368 e. The molecule has 184 valence electrons. The van der Waals surface area contributed by atoms with E-state index in [1.54, 1.807) is 18.3 Å². The average molecular weight is 553 g/mol. The monoisotopic (exact) mass is 552 g/mol. The molecular formula is C29H25BrN6O. The molecule has 0 aliphatic heterocycles. The highest BCUT2D eigenvalue weighted by Crippen LogP contribution is 2.19. The van der Waals surface area contributed by atoms with Gasteiger partial charge in [-0.2, -0.15) is 0 Å². The molecule has 0 saturated heterocycles. The smallest absolute Gasteiger partial charge is 0.251 e. The van der Waals surface area contributed by atoms with E-state index in [0.29, 0.717) is 31.1 Å². The standard InChI is InChI=1S/C29H25BrN6O/c30-24-6-3-4-20(18-24)19-34-28(37)23-10-8-22(9-11-23)26-14-15-32-29(36-26)33-17-16-31-27-13-12-21-5-1-2-7-25(21)35-27/h1-15,18H,16-17,19H2,(H,31,35)(H,34,37)(H,32,33,36). The van der Waals surface area contributed by atoms with Crippen molar-refractivity contribution < 1.29 is 4.79 Å². The maximum Gasteiger partial charge on any atom is 0.251 e. The first-order chi connectivity index (χ1) is 18.1. The number of carbonyl (C=O) groups excluding carboxylic acids is 1. The van der Waals surface area contributed by atoms with Gasteiger partial charge in [0.25, 0.3) is 5.91 Å². The molecule has 1 amide bonds. The van der Waals surface area contributed by atoms with Crippen molar-refractivity contribution in [1.82, 2.24) is 20.3 Å². The zero-order valence-electron chi connectivity index (χ0n) is 20.0. The Hall–Kier alpha value is -4.30. The second kappa shape index (κ2) is 11.6. The van der Waals surface area contributed by atoms with Gasteiger partial charge < -0.3 is 16.0 Å². The zero-order valence-corrected chi connectivity index (χ0v) is 21.6. The number of rotatable bonds is 9. The molecule has 7 nitrogen and oxygen atoms in total. The first-order valence-electron chi connectivity index (χ1n) is 11.9. The number of carbonyl (C=O) groups is 1. The van der Waals surface area contributed by atoms with Crippen LogP contribution in [0.3, 0.4) is 0 Å². The molecule has 2 heterocycles. The van der Waals surface area contributed by atoms with Crippen molar-refractivity contribution in [3.05, 3.63) is 113 Å². The third-order valence-electron chi connectivity index (χ3n) is 5.75. The summed E-state index contributed by atoms with van der Waals surface area (Å²) in [5.41, 5.74) is 4.28. The number of amides is 1. The number of hydrogen-bond donors (Lipinski definition) is 3. The molecule has 0 spiro atoms. The Bertz CT molecular complexity index is 1520. The number of fused-ring (bicyclic) bond motifs is 1. The first-order valence-corrected chi connectivity index (χ1v) is 12.7. The molecule has 8 heteroatoms. The summed E-state index contributed by atoms with van der Waals surface area (Å²) in [7, 11) is 0. The SMILES string of the molecule is O=C(NCc1cccc(Br)c1)c1ccc(-c2ccnc(NCCNc3ccc4ccccc4n3)n2)cc1. The van der Waals surface area contributed by atoms with Gasteiger partial charge >= 0.3 is 0 Å². The maximum absolute atomic E-state index is 12.5. The van der Waals surface area contributed by atoms with Crippen LogP contribution in [0.1, 0.15) is 15.9 Å². The normalized spacial score (nSPS) is 10.7. The number of anilines is 2. The Kier molecular flexibility index (Phi) is 7.66. The number of halogens is 1. The number of para-hydroxylation sites is 1. The molecule has 3 aromatic carbocycles. The van der Waals surface area contributed by atoms with E-state index in [-0.39, 0.29) is 5.91 Å². The molecule has 37 heavy (non-hydrogen) atoms. The van der Waals surface area contributed by atoms with Crippen molar-refractivity contribution in [2.24, 2.45) is 0 Å². The van der Waals surface area contributed by atoms with Crippen LogP contribution in [0.2, 0.25) is 0 Å². The van der Waals surface area contributed by atoms with E-state index < -0.39 is 0 Å². The fraction of sp³-hybridized carbons (Fsp3) is 0.103. The molecule has 2 aromatic heterocycles. The zero-order chi connectivity index (χ0) is 25.5. The van der Waals surface area contributed by atoms with Crippen molar-refractivity contribution in [3.63, 3.8) is 0 Å². The summed E-state index contributed by atoms with van der Waals surface area (Å²) in [5, 5.41) is 10.6. The average Bonchev–Trinajstić information content (AvgIpc) is 2.94. The fourth-order valence-corrected chi connectivity index (χ4v) is 4.30. The van der Waals surface area contributed by atoms with Gasteiger partial charge in [0.1, 0.15) is 5.82 Å². The Balaban J connectivity index is 1.14. The topological polar surface area (TPSA) is 91.8 Å². The van der Waals surface area contributed by atoms with Crippen LogP contribution >= 0.6 is 15.9 Å². The van der Waals surface area contributed by atoms with E-state index in [0.717, 1.165) is 38.0 Å². The molecule has 0 atom stereocenters. The van der Waals surface area contributed by atoms with Crippen molar-refractivity contribution >= 4 is 44.5 Å². The predicted molar refractivity (Wildman–Crippen MR) is 152 cm³/mol. The van der Waals surface area contributed by atoms with Crippen LogP contribution < -0.4 is 16.0 Å². The Morgan fingerprint density at radius 3 is 2.51 bits per heavy atom. The van der Waals surface area contributed by atoms with Gasteiger partial charge in [-0.15, -0.1) is 0 Å². The quantitative estimate of drug-likeness (QED) is 0.197. The van der Waals surface area contributed by atoms with Crippen molar-refractivity contribution in [1.29, 1.82) is 0 Å². The summed E-state index contributed by atoms with van der Waals surface area (Å²) in [6.45, 7) is 1.77. The summed E-state index contributed by atoms with van der Waals surface area (Å²) >= 11 is 3.45. The van der Waals surface area contributed by atoms with Crippen LogP contribution in [0.25, 0.3) is 22.2 Å². The lowest BCUT2D eigenvalue weighted by molar-refractivity contribution is 0.0951. The van der Waals surface area contributed by atoms with E-state index in [4.69, 9.17) is 0 Å². The van der Waals surface area contributed by atoms with Crippen molar-refractivity contribution in [2.75, 3.05) is 23.7 Å². The van der Waals surface area contributed by atoms with E-state index >= 15 is 0 Å². The highest BCUT2D eigenvalue weighted by molar-refractivity contribution is 9.10. The molecule has 0 bridgehead atoms. The van der Waals surface area contributed by atoms with Gasteiger partial charge in [0.15, 0.2) is 0 Å². The van der Waals surface area contributed by atoms with Crippen LogP contribution in [0.15, 0.2) is 102 Å². The third kappa shape index (κ3) is 6.48.